The number of carbonyl (C=O) groups excluding carboxylic acids is 1. The second-order valence-electron chi connectivity index (χ2n) is 15.5. The van der Waals surface area contributed by atoms with Gasteiger partial charge in [-0.25, -0.2) is 9.97 Å². The number of carbonyl (C=O) groups is 1. The summed E-state index contributed by atoms with van der Waals surface area (Å²) in [5.74, 6) is 0.923. The molecule has 2 aromatic carbocycles. The van der Waals surface area contributed by atoms with Crippen LogP contribution in [0.5, 0.6) is 0 Å². The van der Waals surface area contributed by atoms with Crippen molar-refractivity contribution in [1.82, 2.24) is 15.0 Å². The summed E-state index contributed by atoms with van der Waals surface area (Å²) in [6, 6.07) is 22.7. The zero-order chi connectivity index (χ0) is 36.9. The van der Waals surface area contributed by atoms with Gasteiger partial charge in [-0.05, 0) is 67.7 Å². The van der Waals surface area contributed by atoms with Gasteiger partial charge in [0.25, 0.3) is 0 Å². The number of fused-ring (bicyclic) bond motifs is 2. The molecule has 51 heavy (non-hydrogen) atoms. The second kappa shape index (κ2) is 17.5. The van der Waals surface area contributed by atoms with Crippen LogP contribution < -0.4 is 0 Å². The van der Waals surface area contributed by atoms with Gasteiger partial charge in [0.1, 0.15) is 12.1 Å². The van der Waals surface area contributed by atoms with E-state index in [4.69, 9.17) is 4.98 Å². The Morgan fingerprint density at radius 1 is 0.843 bits per heavy atom. The van der Waals surface area contributed by atoms with E-state index < -0.39 is 0 Å². The first-order valence-electron chi connectivity index (χ1n) is 18.2. The minimum Gasteiger partial charge on any atom is -0.512 e. The Kier molecular flexibility index (Phi) is 14.5. The number of hydrogen-bond donors (Lipinski definition) is 1. The van der Waals surface area contributed by atoms with E-state index in [1.807, 2.05) is 58.9 Å². The van der Waals surface area contributed by atoms with Gasteiger partial charge in [-0.1, -0.05) is 105 Å². The van der Waals surface area contributed by atoms with Crippen molar-refractivity contribution in [3.63, 3.8) is 0 Å². The van der Waals surface area contributed by atoms with E-state index in [-0.39, 0.29) is 47.9 Å². The molecule has 3 aromatic heterocycles. The van der Waals surface area contributed by atoms with Gasteiger partial charge in [-0.3, -0.25) is 9.78 Å². The summed E-state index contributed by atoms with van der Waals surface area (Å²) in [6.07, 6.45) is 7.47. The van der Waals surface area contributed by atoms with Gasteiger partial charge in [0.05, 0.1) is 21.6 Å². The molecule has 1 radical (unpaired) electrons. The minimum atomic E-state index is -0.337. The first-order valence-corrected chi connectivity index (χ1v) is 19.0. The molecule has 0 spiro atoms. The predicted molar refractivity (Wildman–Crippen MR) is 213 cm³/mol. The molecule has 0 aliphatic carbocycles. The number of aliphatic hydroxyl groups is 1. The van der Waals surface area contributed by atoms with Gasteiger partial charge >= 0.3 is 0 Å². The van der Waals surface area contributed by atoms with Crippen LogP contribution >= 0.6 is 11.3 Å². The Morgan fingerprint density at radius 2 is 1.47 bits per heavy atom. The van der Waals surface area contributed by atoms with Gasteiger partial charge in [0, 0.05) is 47.6 Å². The van der Waals surface area contributed by atoms with Gasteiger partial charge < -0.3 is 5.11 Å². The Labute approximate surface area is 323 Å². The van der Waals surface area contributed by atoms with Crippen LogP contribution in [-0.2, 0) is 36.7 Å². The van der Waals surface area contributed by atoms with Crippen molar-refractivity contribution in [3.05, 3.63) is 89.3 Å². The van der Waals surface area contributed by atoms with Gasteiger partial charge in [-0.2, -0.15) is 0 Å². The first-order chi connectivity index (χ1) is 23.6. The summed E-state index contributed by atoms with van der Waals surface area (Å²) in [4.78, 5) is 27.6. The Balaban J connectivity index is 0.000000335. The molecule has 0 unspecified atom stereocenters. The number of benzene rings is 2. The molecule has 0 amide bonds. The van der Waals surface area contributed by atoms with Crippen molar-refractivity contribution in [3.8, 4) is 22.6 Å². The number of ketones is 1. The number of aliphatic hydroxyl groups excluding tert-OH is 1. The van der Waals surface area contributed by atoms with Crippen molar-refractivity contribution in [2.45, 2.75) is 114 Å². The zero-order valence-electron chi connectivity index (χ0n) is 32.4. The molecule has 275 valence electrons. The van der Waals surface area contributed by atoms with Crippen LogP contribution in [0, 0.1) is 22.8 Å². The standard InChI is InChI=1S/C29H28N3S.C15H28O2.Ir/c1-18(2)12-21-15-27-28(33-21)11-10-24(32-27)26-16-25(30-17-31-26)20-13-19-8-6-7-9-22(19)23(14-20)29(3,4)5;1-7-14(5,8-2)12(16)11-13(17)15(6,9-3)10-4;/h6-11,14-18H,12H2,1-5H3;11,16H,7-10H2,1-6H3;/q-1;;/b;12-11-;. The molecule has 0 fully saturated rings. The Bertz CT molecular complexity index is 1960. The maximum atomic E-state index is 12.2. The van der Waals surface area contributed by atoms with E-state index in [0.29, 0.717) is 5.92 Å². The molecule has 5 rings (SSSR count). The molecule has 0 aliphatic heterocycles. The minimum absolute atomic E-state index is 0. The molecule has 0 aliphatic rings. The number of allylic oxidation sites excluding steroid dienone is 2. The van der Waals surface area contributed by atoms with Crippen molar-refractivity contribution >= 4 is 38.1 Å². The predicted octanol–water partition coefficient (Wildman–Crippen LogP) is 12.5. The first kappa shape index (κ1) is 42.2. The summed E-state index contributed by atoms with van der Waals surface area (Å²) in [6.45, 7) is 23.3. The van der Waals surface area contributed by atoms with Crippen molar-refractivity contribution in [2.75, 3.05) is 0 Å². The largest absolute Gasteiger partial charge is 0.512 e. The molecular formula is C44H56IrN3O2S-. The molecular weight excluding hydrogens is 827 g/mol. The number of thiophene rings is 1. The van der Waals surface area contributed by atoms with E-state index in [1.165, 1.54) is 26.6 Å². The second-order valence-corrected chi connectivity index (χ2v) is 16.7. The summed E-state index contributed by atoms with van der Waals surface area (Å²) in [5.41, 5.74) is 5.30. The van der Waals surface area contributed by atoms with Crippen LogP contribution in [0.4, 0.5) is 0 Å². The fourth-order valence-electron chi connectivity index (χ4n) is 5.94. The third-order valence-electron chi connectivity index (χ3n) is 10.4. The Hall–Kier alpha value is -3.25. The third kappa shape index (κ3) is 10.0. The summed E-state index contributed by atoms with van der Waals surface area (Å²) in [5, 5.41) is 12.5. The number of hydrogen-bond acceptors (Lipinski definition) is 6. The zero-order valence-corrected chi connectivity index (χ0v) is 35.6. The maximum absolute atomic E-state index is 12.2. The summed E-state index contributed by atoms with van der Waals surface area (Å²) in [7, 11) is 0. The number of nitrogens with zero attached hydrogens (tertiary/aromatic N) is 3. The molecule has 0 bridgehead atoms. The van der Waals surface area contributed by atoms with Crippen molar-refractivity contribution < 1.29 is 30.0 Å². The van der Waals surface area contributed by atoms with Crippen LogP contribution in [0.3, 0.4) is 0 Å². The summed E-state index contributed by atoms with van der Waals surface area (Å²) < 4.78 is 1.22. The van der Waals surface area contributed by atoms with E-state index in [2.05, 4.69) is 99.2 Å². The normalized spacial score (nSPS) is 12.5. The molecule has 7 heteroatoms. The third-order valence-corrected chi connectivity index (χ3v) is 11.5. The van der Waals surface area contributed by atoms with Gasteiger partial charge in [0.2, 0.25) is 0 Å². The van der Waals surface area contributed by atoms with Crippen LogP contribution in [0.2, 0.25) is 0 Å². The molecule has 0 atom stereocenters. The monoisotopic (exact) mass is 883 g/mol. The van der Waals surface area contributed by atoms with Crippen LogP contribution in [0.1, 0.15) is 112 Å². The number of pyridine rings is 1. The van der Waals surface area contributed by atoms with Crippen molar-refractivity contribution in [1.29, 1.82) is 0 Å². The smallest absolute Gasteiger partial charge is 0.164 e. The van der Waals surface area contributed by atoms with Gasteiger partial charge in [0.15, 0.2) is 5.78 Å². The van der Waals surface area contributed by atoms with Crippen LogP contribution in [0.15, 0.2) is 72.8 Å². The summed E-state index contributed by atoms with van der Waals surface area (Å²) >= 11 is 1.83. The fourth-order valence-corrected chi connectivity index (χ4v) is 7.15. The number of aromatic nitrogens is 3. The van der Waals surface area contributed by atoms with E-state index in [9.17, 15) is 9.90 Å². The van der Waals surface area contributed by atoms with Crippen LogP contribution in [0.25, 0.3) is 43.6 Å². The molecule has 5 nitrogen and oxygen atoms in total. The van der Waals surface area contributed by atoms with E-state index >= 15 is 0 Å². The molecule has 0 saturated carbocycles. The average molecular weight is 883 g/mol. The molecule has 3 heterocycles. The molecule has 0 saturated heterocycles. The number of rotatable bonds is 11. The van der Waals surface area contributed by atoms with E-state index in [1.54, 1.807) is 6.33 Å². The van der Waals surface area contributed by atoms with E-state index in [0.717, 1.165) is 65.7 Å². The SMILES string of the molecule is CC(C)Cc1cc2nc(-c3cc(-c4[c-]c5ccccc5c(C(C)(C)C)c4)ncn3)ccc2s1.CCC(C)(CC)C(=O)/C=C(\O)C(C)(CC)CC.[Ir]. The molecule has 5 aromatic rings. The van der Waals surface area contributed by atoms with Gasteiger partial charge in [-0.15, -0.1) is 40.5 Å². The van der Waals surface area contributed by atoms with Crippen molar-refractivity contribution in [2.24, 2.45) is 16.7 Å². The Morgan fingerprint density at radius 3 is 2.08 bits per heavy atom. The maximum Gasteiger partial charge on any atom is 0.164 e. The molecule has 1 N–H and O–H groups in total. The average Bonchev–Trinajstić information content (AvgIpc) is 3.51. The van der Waals surface area contributed by atoms with Crippen LogP contribution in [-0.4, -0.2) is 25.8 Å². The topological polar surface area (TPSA) is 76.0 Å². The quantitative estimate of drug-likeness (QED) is 0.0812. The fraction of sp³-hybridized carbons (Fsp3) is 0.455.